The molecular weight excluding hydrogens is 1090 g/mol. The number of nitrogens with zero attached hydrogens (tertiary/aromatic N) is 4. The summed E-state index contributed by atoms with van der Waals surface area (Å²) in [6.45, 7) is 30.9. The molecule has 2 fully saturated rings. The van der Waals surface area contributed by atoms with Crippen LogP contribution in [0.2, 0.25) is 0 Å². The number of aromatic nitrogens is 2. The number of alkyl halides is 1. The number of unbranched alkanes of at least 4 members (excludes halogenated alkanes) is 2. The van der Waals surface area contributed by atoms with E-state index in [0.717, 1.165) is 68.7 Å². The molecule has 0 saturated carbocycles. The van der Waals surface area contributed by atoms with Gasteiger partial charge in [0.05, 0.1) is 23.5 Å². The fourth-order valence-electron chi connectivity index (χ4n) is 8.82. The van der Waals surface area contributed by atoms with Crippen LogP contribution in [0.3, 0.4) is 0 Å². The second-order valence-electron chi connectivity index (χ2n) is 21.1. The second-order valence-corrected chi connectivity index (χ2v) is 21.9. The number of pyridine rings is 2. The topological polar surface area (TPSA) is 239 Å². The largest absolute Gasteiger partial charge is 0.457 e. The number of esters is 2. The third-order valence-electron chi connectivity index (χ3n) is 13.9. The average molecular weight is 1180 g/mol. The lowest BCUT2D eigenvalue weighted by Gasteiger charge is -2.35. The lowest BCUT2D eigenvalue weighted by molar-refractivity contribution is -0.158. The summed E-state index contributed by atoms with van der Waals surface area (Å²) in [6.07, 6.45) is 16.2. The number of ether oxygens (including phenoxy) is 2. The molecule has 2 aliphatic heterocycles. The summed E-state index contributed by atoms with van der Waals surface area (Å²) in [5.74, 6) is -2.08. The number of allylic oxidation sites excluding steroid dienone is 2. The maximum absolute atomic E-state index is 13.2. The van der Waals surface area contributed by atoms with Crippen molar-refractivity contribution in [1.29, 1.82) is 0 Å². The zero-order chi connectivity index (χ0) is 59.8. The van der Waals surface area contributed by atoms with Crippen molar-refractivity contribution in [3.05, 3.63) is 122 Å². The van der Waals surface area contributed by atoms with Gasteiger partial charge >= 0.3 is 11.9 Å². The number of benzene rings is 2. The summed E-state index contributed by atoms with van der Waals surface area (Å²) < 4.78 is 11.5. The van der Waals surface area contributed by atoms with E-state index < -0.39 is 60.4 Å². The van der Waals surface area contributed by atoms with Gasteiger partial charge in [-0.2, -0.15) is 0 Å². The Labute approximate surface area is 487 Å². The molecule has 440 valence electrons. The minimum absolute atomic E-state index is 0.0464. The summed E-state index contributed by atoms with van der Waals surface area (Å²) in [5.41, 5.74) is 15.1. The van der Waals surface area contributed by atoms with Crippen LogP contribution in [0.5, 0.6) is 0 Å². The fourth-order valence-corrected chi connectivity index (χ4v) is 9.15. The van der Waals surface area contributed by atoms with Crippen molar-refractivity contribution in [1.82, 2.24) is 46.8 Å². The van der Waals surface area contributed by atoms with Gasteiger partial charge < -0.3 is 31.2 Å². The van der Waals surface area contributed by atoms with Gasteiger partial charge in [-0.3, -0.25) is 48.8 Å². The molecule has 0 radical (unpaired) electrons. The van der Waals surface area contributed by atoms with Crippen LogP contribution in [0.1, 0.15) is 141 Å². The first-order valence-electron chi connectivity index (χ1n) is 28.1. The molecule has 0 spiro atoms. The highest BCUT2D eigenvalue weighted by Crippen LogP contribution is 2.26. The SMILES string of the molecule is C=CCCCBr.C=CCCCN[C@H](C(=O)N[C@@H](C)C(=O)N1CCC[C@@H](C(=O)O[C@H](C)c2ccc3cnc(C=C)cc3c2)N1)C(C)C.C=Cc1cc2cc([C@@H](C)OC(=O)[C@@H]3CCCN(C(=O)[C@H](C)NC(=O)[C@@H](N)C(C)C)N3)ccc2cn1. The van der Waals surface area contributed by atoms with E-state index in [9.17, 15) is 28.8 Å². The van der Waals surface area contributed by atoms with Crippen LogP contribution < -0.4 is 32.5 Å². The Hall–Kier alpha value is -6.64. The number of carbonyl (C=O) groups excluding carboxylic acids is 6. The predicted molar refractivity (Wildman–Crippen MR) is 326 cm³/mol. The molecule has 2 aliphatic rings. The Kier molecular flexibility index (Phi) is 28.0. The molecule has 4 aromatic rings. The fraction of sp³-hybridized carbons (Fsp3) is 0.484. The van der Waals surface area contributed by atoms with Crippen LogP contribution in [-0.4, -0.2) is 117 Å². The Bertz CT molecular complexity index is 2790. The summed E-state index contributed by atoms with van der Waals surface area (Å²) in [6, 6.07) is 11.6. The Balaban J connectivity index is 0.000000318. The number of rotatable bonds is 24. The molecular formula is C62H87BrN10O8. The molecule has 0 aliphatic carbocycles. The van der Waals surface area contributed by atoms with Crippen molar-refractivity contribution in [2.75, 3.05) is 25.0 Å². The molecule has 2 aromatic heterocycles. The summed E-state index contributed by atoms with van der Waals surface area (Å²) in [5, 5.41) is 16.6. The van der Waals surface area contributed by atoms with Gasteiger partial charge in [0, 0.05) is 41.6 Å². The maximum Gasteiger partial charge on any atom is 0.325 e. The lowest BCUT2D eigenvalue weighted by atomic mass is 10.0. The van der Waals surface area contributed by atoms with Gasteiger partial charge in [-0.25, -0.2) is 10.9 Å². The second kappa shape index (κ2) is 34.0. The van der Waals surface area contributed by atoms with Crippen molar-refractivity contribution in [2.45, 2.75) is 155 Å². The van der Waals surface area contributed by atoms with E-state index in [1.165, 1.54) is 16.4 Å². The summed E-state index contributed by atoms with van der Waals surface area (Å²) in [4.78, 5) is 85.7. The zero-order valence-corrected chi connectivity index (χ0v) is 50.3. The van der Waals surface area contributed by atoms with Gasteiger partial charge in [0.1, 0.15) is 36.4 Å². The smallest absolute Gasteiger partial charge is 0.325 e. The number of nitrogens with one attached hydrogen (secondary N) is 5. The highest BCUT2D eigenvalue weighted by Gasteiger charge is 2.35. The van der Waals surface area contributed by atoms with Gasteiger partial charge in [-0.05, 0) is 156 Å². The van der Waals surface area contributed by atoms with E-state index in [2.05, 4.69) is 79.0 Å². The van der Waals surface area contributed by atoms with Crippen molar-refractivity contribution < 1.29 is 38.2 Å². The van der Waals surface area contributed by atoms with Crippen LogP contribution in [0.4, 0.5) is 0 Å². The van der Waals surface area contributed by atoms with Crippen molar-refractivity contribution in [2.24, 2.45) is 17.6 Å². The predicted octanol–water partition coefficient (Wildman–Crippen LogP) is 8.88. The first-order chi connectivity index (χ1) is 38.7. The van der Waals surface area contributed by atoms with Crippen LogP contribution in [0, 0.1) is 11.8 Å². The number of amides is 4. The molecule has 19 heteroatoms. The van der Waals surface area contributed by atoms with Crippen LogP contribution in [0.15, 0.2) is 99.4 Å². The number of fused-ring (bicyclic) bond motifs is 2. The Morgan fingerprint density at radius 3 is 1.49 bits per heavy atom. The van der Waals surface area contributed by atoms with E-state index in [1.807, 2.05) is 102 Å². The van der Waals surface area contributed by atoms with Gasteiger partial charge in [0.15, 0.2) is 0 Å². The molecule has 8 atom stereocenters. The Morgan fingerprint density at radius 2 is 1.10 bits per heavy atom. The molecule has 0 unspecified atom stereocenters. The number of hydrogen-bond donors (Lipinski definition) is 6. The van der Waals surface area contributed by atoms with Crippen molar-refractivity contribution in [3.63, 3.8) is 0 Å². The molecule has 2 saturated heterocycles. The molecule has 81 heavy (non-hydrogen) atoms. The normalized spacial score (nSPS) is 17.3. The van der Waals surface area contributed by atoms with Gasteiger partial charge in [-0.1, -0.05) is 93.2 Å². The number of hydrazine groups is 2. The maximum atomic E-state index is 13.2. The van der Waals surface area contributed by atoms with Crippen molar-refractivity contribution in [3.8, 4) is 0 Å². The Morgan fingerprint density at radius 1 is 0.654 bits per heavy atom. The van der Waals surface area contributed by atoms with Gasteiger partial charge in [0.2, 0.25) is 11.8 Å². The molecule has 4 heterocycles. The van der Waals surface area contributed by atoms with Crippen LogP contribution in [-0.2, 0) is 38.2 Å². The highest BCUT2D eigenvalue weighted by molar-refractivity contribution is 9.09. The summed E-state index contributed by atoms with van der Waals surface area (Å²) in [7, 11) is 0. The average Bonchev–Trinajstić information content (AvgIpc) is 3.48. The molecule has 6 rings (SSSR count). The van der Waals surface area contributed by atoms with E-state index in [4.69, 9.17) is 15.2 Å². The highest BCUT2D eigenvalue weighted by atomic mass is 79.9. The monoisotopic (exact) mass is 1180 g/mol. The molecule has 4 amide bonds. The van der Waals surface area contributed by atoms with E-state index in [1.54, 1.807) is 38.4 Å². The number of nitrogens with two attached hydrogens (primary N) is 1. The molecule has 7 N–H and O–H groups in total. The molecule has 0 bridgehead atoms. The van der Waals surface area contributed by atoms with Crippen LogP contribution >= 0.6 is 15.9 Å². The van der Waals surface area contributed by atoms with E-state index >= 15 is 0 Å². The number of carbonyl (C=O) groups is 6. The lowest BCUT2D eigenvalue weighted by Crippen LogP contribution is -2.60. The third kappa shape index (κ3) is 20.7. The van der Waals surface area contributed by atoms with Crippen LogP contribution in [0.25, 0.3) is 33.7 Å². The quantitative estimate of drug-likeness (QED) is 0.0166. The number of halogens is 1. The van der Waals surface area contributed by atoms with E-state index in [0.29, 0.717) is 45.3 Å². The van der Waals surface area contributed by atoms with E-state index in [-0.39, 0.29) is 35.5 Å². The zero-order valence-electron chi connectivity index (χ0n) is 48.7. The van der Waals surface area contributed by atoms with Gasteiger partial charge in [-0.15, -0.1) is 13.2 Å². The first-order valence-corrected chi connectivity index (χ1v) is 29.3. The number of hydrogen-bond acceptors (Lipinski definition) is 14. The van der Waals surface area contributed by atoms with Gasteiger partial charge in [0.25, 0.3) is 11.8 Å². The standard InChI is InChI=1S/C31H43N5O4.C26H35N5O4.C5H9Br/c1-7-9-10-15-32-28(20(3)4)29(37)34-21(5)30(38)36-16-11-12-27(35-36)31(39)40-22(6)23-13-14-24-19-33-26(8-2)18-25(24)17-23;1-6-21-13-20-12-18(9-10-19(20)14-28-21)17(5)35-26(34)22-8-7-11-31(30-22)25(33)16(4)29-24(32)23(27)15(2)3;1-2-3-4-5-6/h7-8,13-14,17-22,27-28,32,35H,1-2,9-12,15-16H2,3-6H3,(H,34,37);6,9-10,12-17,22-23,30H,1,7-8,11,27H2,2-5H3,(H,29,32);2H,1,3-5H2/t21-,22+,27-,28-;16-,17+,22-,23-;/m00./s1. The molecule has 18 nitrogen and oxygen atoms in total. The first kappa shape index (κ1) is 66.9. The summed E-state index contributed by atoms with van der Waals surface area (Å²) >= 11 is 3.30. The minimum atomic E-state index is -0.777. The van der Waals surface area contributed by atoms with Crippen molar-refractivity contribution >= 4 is 85.2 Å². The molecule has 2 aromatic carbocycles. The third-order valence-corrected chi connectivity index (χ3v) is 14.4. The minimum Gasteiger partial charge on any atom is -0.457 e.